The second-order valence-corrected chi connectivity index (χ2v) is 11.1. The van der Waals surface area contributed by atoms with Crippen molar-refractivity contribution in [3.63, 3.8) is 0 Å². The third-order valence-electron chi connectivity index (χ3n) is 7.38. The SMILES string of the molecule is c1cc(Sc2ccc(-c3ccc4ccc5cccnc5c4n3)cc2)cc(-c2ccc3ccc4cccnc4c3n2)c1. The minimum atomic E-state index is 0.931. The summed E-state index contributed by atoms with van der Waals surface area (Å²) in [6.45, 7) is 0. The van der Waals surface area contributed by atoms with Crippen molar-refractivity contribution in [1.82, 2.24) is 19.9 Å². The Bertz CT molecular complexity index is 2240. The van der Waals surface area contributed by atoms with Crippen molar-refractivity contribution in [2.24, 2.45) is 0 Å². The van der Waals surface area contributed by atoms with Crippen molar-refractivity contribution >= 4 is 55.4 Å². The van der Waals surface area contributed by atoms with Gasteiger partial charge in [-0.1, -0.05) is 84.6 Å². The van der Waals surface area contributed by atoms with Gasteiger partial charge < -0.3 is 0 Å². The molecule has 4 aromatic carbocycles. The lowest BCUT2D eigenvalue weighted by molar-refractivity contribution is 1.34. The van der Waals surface area contributed by atoms with Crippen molar-refractivity contribution in [1.29, 1.82) is 0 Å². The van der Waals surface area contributed by atoms with Gasteiger partial charge in [0.1, 0.15) is 0 Å². The molecule has 8 aromatic rings. The van der Waals surface area contributed by atoms with Gasteiger partial charge in [-0.25, -0.2) is 9.97 Å². The third-order valence-corrected chi connectivity index (χ3v) is 8.38. The van der Waals surface area contributed by atoms with Crippen LogP contribution in [0.2, 0.25) is 0 Å². The fraction of sp³-hybridized carbons (Fsp3) is 0. The molecule has 5 heteroatoms. The highest BCUT2D eigenvalue weighted by molar-refractivity contribution is 7.99. The number of benzene rings is 4. The summed E-state index contributed by atoms with van der Waals surface area (Å²) < 4.78 is 0. The summed E-state index contributed by atoms with van der Waals surface area (Å²) in [5, 5.41) is 4.39. The first kappa shape index (κ1) is 23.7. The molecule has 0 bridgehead atoms. The number of aromatic nitrogens is 4. The smallest absolute Gasteiger partial charge is 0.0972 e. The molecule has 0 radical (unpaired) electrons. The van der Waals surface area contributed by atoms with Gasteiger partial charge in [-0.2, -0.15) is 0 Å². The van der Waals surface area contributed by atoms with Crippen molar-refractivity contribution in [2.75, 3.05) is 0 Å². The largest absolute Gasteiger partial charge is 0.254 e. The van der Waals surface area contributed by atoms with E-state index in [0.29, 0.717) is 0 Å². The molecular weight excluding hydrogens is 520 g/mol. The molecule has 0 saturated carbocycles. The van der Waals surface area contributed by atoms with Crippen LogP contribution < -0.4 is 0 Å². The summed E-state index contributed by atoms with van der Waals surface area (Å²) in [4.78, 5) is 21.5. The van der Waals surface area contributed by atoms with Crippen LogP contribution >= 0.6 is 11.8 Å². The van der Waals surface area contributed by atoms with Gasteiger partial charge in [0.25, 0.3) is 0 Å². The first-order valence-corrected chi connectivity index (χ1v) is 14.3. The fourth-order valence-electron chi connectivity index (χ4n) is 5.32. The Labute approximate surface area is 240 Å². The molecular formula is C36H22N4S. The van der Waals surface area contributed by atoms with Gasteiger partial charge in [0.15, 0.2) is 0 Å². The average Bonchev–Trinajstić information content (AvgIpc) is 3.04. The molecule has 0 unspecified atom stereocenters. The van der Waals surface area contributed by atoms with Crippen LogP contribution in [0, 0.1) is 0 Å². The van der Waals surface area contributed by atoms with Crippen LogP contribution in [-0.2, 0) is 0 Å². The van der Waals surface area contributed by atoms with Crippen LogP contribution in [0.5, 0.6) is 0 Å². The van der Waals surface area contributed by atoms with Crippen LogP contribution in [0.25, 0.3) is 66.1 Å². The Morgan fingerprint density at radius 3 is 1.54 bits per heavy atom. The first-order valence-electron chi connectivity index (χ1n) is 13.5. The molecule has 0 aliphatic carbocycles. The summed E-state index contributed by atoms with van der Waals surface area (Å²) in [5.74, 6) is 0. The number of fused-ring (bicyclic) bond motifs is 6. The van der Waals surface area contributed by atoms with Gasteiger partial charge in [-0.15, -0.1) is 0 Å². The molecule has 4 nitrogen and oxygen atoms in total. The molecule has 0 aliphatic heterocycles. The number of pyridine rings is 4. The van der Waals surface area contributed by atoms with E-state index in [0.717, 1.165) is 71.0 Å². The zero-order valence-corrected chi connectivity index (χ0v) is 22.7. The van der Waals surface area contributed by atoms with E-state index >= 15 is 0 Å². The monoisotopic (exact) mass is 542 g/mol. The number of nitrogens with zero attached hydrogens (tertiary/aromatic N) is 4. The van der Waals surface area contributed by atoms with E-state index in [2.05, 4.69) is 119 Å². The molecule has 8 rings (SSSR count). The Morgan fingerprint density at radius 2 is 0.927 bits per heavy atom. The summed E-state index contributed by atoms with van der Waals surface area (Å²) in [5.41, 5.74) is 7.78. The summed E-state index contributed by atoms with van der Waals surface area (Å²) in [6, 6.07) is 42.1. The van der Waals surface area contributed by atoms with Gasteiger partial charge in [0.2, 0.25) is 0 Å². The maximum atomic E-state index is 5.02. The van der Waals surface area contributed by atoms with Crippen LogP contribution in [0.4, 0.5) is 0 Å². The van der Waals surface area contributed by atoms with E-state index in [9.17, 15) is 0 Å². The van der Waals surface area contributed by atoms with Crippen LogP contribution in [0.15, 0.2) is 144 Å². The van der Waals surface area contributed by atoms with Crippen LogP contribution in [0.1, 0.15) is 0 Å². The molecule has 0 amide bonds. The third kappa shape index (κ3) is 4.37. The maximum Gasteiger partial charge on any atom is 0.0972 e. The Kier molecular flexibility index (Phi) is 5.68. The maximum absolute atomic E-state index is 5.02. The molecule has 192 valence electrons. The average molecular weight is 543 g/mol. The van der Waals surface area contributed by atoms with E-state index in [1.54, 1.807) is 11.8 Å². The minimum absolute atomic E-state index is 0.931. The molecule has 0 fully saturated rings. The first-order chi connectivity index (χ1) is 20.3. The second kappa shape index (κ2) is 9.81. The fourth-order valence-corrected chi connectivity index (χ4v) is 6.19. The molecule has 0 saturated heterocycles. The Morgan fingerprint density at radius 1 is 0.390 bits per heavy atom. The van der Waals surface area contributed by atoms with E-state index in [4.69, 9.17) is 9.97 Å². The summed E-state index contributed by atoms with van der Waals surface area (Å²) in [6.07, 6.45) is 3.65. The van der Waals surface area contributed by atoms with Gasteiger partial charge in [-0.3, -0.25) is 9.97 Å². The molecule has 0 spiro atoms. The quantitative estimate of drug-likeness (QED) is 0.207. The zero-order chi connectivity index (χ0) is 27.2. The number of hydrogen-bond donors (Lipinski definition) is 0. The van der Waals surface area contributed by atoms with Crippen molar-refractivity contribution < 1.29 is 0 Å². The van der Waals surface area contributed by atoms with Gasteiger partial charge in [-0.05, 0) is 48.5 Å². The molecule has 0 N–H and O–H groups in total. The van der Waals surface area contributed by atoms with Crippen molar-refractivity contribution in [2.45, 2.75) is 9.79 Å². The van der Waals surface area contributed by atoms with Gasteiger partial charge in [0.05, 0.1) is 33.5 Å². The zero-order valence-electron chi connectivity index (χ0n) is 21.9. The van der Waals surface area contributed by atoms with Crippen molar-refractivity contribution in [3.05, 3.63) is 134 Å². The van der Waals surface area contributed by atoms with Gasteiger partial charge >= 0.3 is 0 Å². The van der Waals surface area contributed by atoms with Crippen LogP contribution in [-0.4, -0.2) is 19.9 Å². The molecule has 41 heavy (non-hydrogen) atoms. The Hall–Kier alpha value is -5.13. The summed E-state index contributed by atoms with van der Waals surface area (Å²) in [7, 11) is 0. The molecule has 4 aromatic heterocycles. The highest BCUT2D eigenvalue weighted by Crippen LogP contribution is 2.33. The minimum Gasteiger partial charge on any atom is -0.254 e. The normalized spacial score (nSPS) is 11.5. The lowest BCUT2D eigenvalue weighted by Crippen LogP contribution is -1.89. The topological polar surface area (TPSA) is 51.6 Å². The summed E-state index contributed by atoms with van der Waals surface area (Å²) >= 11 is 1.74. The van der Waals surface area contributed by atoms with E-state index in [1.807, 2.05) is 24.5 Å². The van der Waals surface area contributed by atoms with E-state index < -0.39 is 0 Å². The molecule has 0 aliphatic rings. The lowest BCUT2D eigenvalue weighted by Gasteiger charge is -2.09. The standard InChI is InChI=1S/C36H22N4S/c1-4-28(32-19-15-27-11-9-25-6-3-21-38-34(25)36(27)40-32)22-30(7-1)41-29-16-12-23(13-17-29)31-18-14-26-10-8-24-5-2-20-37-33(24)35(26)39-31/h1-22H. The predicted molar refractivity (Wildman–Crippen MR) is 169 cm³/mol. The predicted octanol–water partition coefficient (Wildman–Crippen LogP) is 9.36. The Balaban J connectivity index is 1.08. The second-order valence-electron chi connectivity index (χ2n) is 9.97. The molecule has 4 heterocycles. The highest BCUT2D eigenvalue weighted by Gasteiger charge is 2.09. The van der Waals surface area contributed by atoms with Gasteiger partial charge in [0, 0.05) is 54.9 Å². The lowest BCUT2D eigenvalue weighted by atomic mass is 10.1. The number of rotatable bonds is 4. The number of hydrogen-bond acceptors (Lipinski definition) is 5. The van der Waals surface area contributed by atoms with E-state index in [1.165, 1.54) is 4.90 Å². The highest BCUT2D eigenvalue weighted by atomic mass is 32.2. The van der Waals surface area contributed by atoms with Crippen LogP contribution in [0.3, 0.4) is 0 Å². The molecule has 0 atom stereocenters. The van der Waals surface area contributed by atoms with Crippen molar-refractivity contribution in [3.8, 4) is 22.5 Å². The van der Waals surface area contributed by atoms with E-state index in [-0.39, 0.29) is 0 Å².